The molecule has 3 heterocycles. The monoisotopic (exact) mass is 598 g/mol. The van der Waals surface area contributed by atoms with Gasteiger partial charge in [-0.2, -0.15) is 0 Å². The van der Waals surface area contributed by atoms with E-state index in [0.717, 1.165) is 12.0 Å². The van der Waals surface area contributed by atoms with Gasteiger partial charge in [0.25, 0.3) is 11.5 Å². The predicted molar refractivity (Wildman–Crippen MR) is 166 cm³/mol. The lowest BCUT2D eigenvalue weighted by Crippen LogP contribution is -2.51. The molecule has 2 amide bonds. The maximum absolute atomic E-state index is 13.0. The van der Waals surface area contributed by atoms with Gasteiger partial charge in [0, 0.05) is 65.8 Å². The molecule has 2 fully saturated rings. The van der Waals surface area contributed by atoms with Gasteiger partial charge in [0.15, 0.2) is 0 Å². The second-order valence-corrected chi connectivity index (χ2v) is 13.7. The highest BCUT2D eigenvalue weighted by Gasteiger charge is 2.36. The van der Waals surface area contributed by atoms with Crippen molar-refractivity contribution in [2.45, 2.75) is 65.0 Å². The first-order chi connectivity index (χ1) is 19.8. The average Bonchev–Trinajstić information content (AvgIpc) is 2.92. The number of likely N-dealkylation sites (tertiary alicyclic amines) is 1. The highest BCUT2D eigenvalue weighted by Crippen LogP contribution is 2.32. The van der Waals surface area contributed by atoms with Crippen LogP contribution in [-0.4, -0.2) is 85.7 Å². The molecule has 4 N–H and O–H groups in total. The van der Waals surface area contributed by atoms with Crippen LogP contribution in [0.25, 0.3) is 0 Å². The smallest absolute Gasteiger partial charge is 0.410 e. The van der Waals surface area contributed by atoms with Gasteiger partial charge in [0.05, 0.1) is 11.4 Å². The van der Waals surface area contributed by atoms with E-state index in [0.29, 0.717) is 67.5 Å². The highest BCUT2D eigenvalue weighted by molar-refractivity contribution is 7.85. The fraction of sp³-hybridized carbons (Fsp3) is 0.533. The normalized spacial score (nSPS) is 18.1. The number of aromatic amines is 1. The van der Waals surface area contributed by atoms with Crippen molar-refractivity contribution >= 4 is 40.0 Å². The van der Waals surface area contributed by atoms with E-state index in [2.05, 4.69) is 22.2 Å². The number of amidine groups is 1. The average molecular weight is 599 g/mol. The van der Waals surface area contributed by atoms with Crippen molar-refractivity contribution in [1.82, 2.24) is 14.8 Å². The standard InChI is InChI=1S/C30H42N6O5S/c1-6-30(10-13-36(14-11-30)28(39)41-29(3,4)5)34-23-9-12-32-26(37)24(23)25(31)33-21-7-8-22(20(2)19-21)27(38)35-15-17-42(40)18-16-35/h7-9,12,19H,6,10-11,13-18H2,1-5H3,(H2,31,33)(H2,32,34,37). The number of carbonyl (C=O) groups excluding carboxylic acids is 2. The lowest BCUT2D eigenvalue weighted by molar-refractivity contribution is 0.0176. The quantitative estimate of drug-likeness (QED) is 0.340. The summed E-state index contributed by atoms with van der Waals surface area (Å²) < 4.78 is 17.2. The van der Waals surface area contributed by atoms with Gasteiger partial charge in [-0.3, -0.25) is 13.8 Å². The summed E-state index contributed by atoms with van der Waals surface area (Å²) in [5.74, 6) is 0.940. The van der Waals surface area contributed by atoms with Crippen molar-refractivity contribution in [2.24, 2.45) is 10.7 Å². The molecule has 0 radical (unpaired) electrons. The van der Waals surface area contributed by atoms with Crippen LogP contribution in [0, 0.1) is 6.92 Å². The second-order valence-electron chi connectivity index (χ2n) is 12.0. The lowest BCUT2D eigenvalue weighted by Gasteiger charge is -2.43. The number of anilines is 1. The van der Waals surface area contributed by atoms with E-state index in [-0.39, 0.29) is 34.5 Å². The molecule has 0 saturated carbocycles. The molecule has 1 aromatic heterocycles. The maximum atomic E-state index is 13.0. The summed E-state index contributed by atoms with van der Waals surface area (Å²) in [6, 6.07) is 6.97. The number of aromatic nitrogens is 1. The molecule has 11 nitrogen and oxygen atoms in total. The van der Waals surface area contributed by atoms with Crippen LogP contribution in [0.15, 0.2) is 40.2 Å². The number of nitrogens with zero attached hydrogens (tertiary/aromatic N) is 3. The SMILES string of the molecule is CCC1(Nc2cc[nH]c(=O)c2C(N)=Nc2ccc(C(=O)N3CCS(=O)CC3)c(C)c2)CCN(C(=O)OC(C)(C)C)CC1. The van der Waals surface area contributed by atoms with E-state index >= 15 is 0 Å². The molecule has 12 heteroatoms. The van der Waals surface area contributed by atoms with Crippen LogP contribution in [0.2, 0.25) is 0 Å². The Balaban J connectivity index is 1.52. The van der Waals surface area contributed by atoms with E-state index in [9.17, 15) is 18.6 Å². The van der Waals surface area contributed by atoms with Crippen molar-refractivity contribution in [3.63, 3.8) is 0 Å². The zero-order valence-corrected chi connectivity index (χ0v) is 25.9. The number of amides is 2. The number of hydrogen-bond donors (Lipinski definition) is 3. The third kappa shape index (κ3) is 7.39. The number of benzene rings is 1. The fourth-order valence-electron chi connectivity index (χ4n) is 5.30. The van der Waals surface area contributed by atoms with Gasteiger partial charge in [-0.25, -0.2) is 9.79 Å². The van der Waals surface area contributed by atoms with Gasteiger partial charge >= 0.3 is 6.09 Å². The van der Waals surface area contributed by atoms with E-state index in [1.54, 1.807) is 40.3 Å². The number of pyridine rings is 1. The number of ether oxygens (including phenoxy) is 1. The number of aryl methyl sites for hydroxylation is 1. The number of nitrogens with two attached hydrogens (primary N) is 1. The van der Waals surface area contributed by atoms with Crippen LogP contribution in [-0.2, 0) is 15.5 Å². The van der Waals surface area contributed by atoms with Crippen LogP contribution in [0.5, 0.6) is 0 Å². The Morgan fingerprint density at radius 1 is 1.12 bits per heavy atom. The van der Waals surface area contributed by atoms with Crippen molar-refractivity contribution in [3.8, 4) is 0 Å². The topological polar surface area (TPSA) is 150 Å². The molecular weight excluding hydrogens is 556 g/mol. The minimum Gasteiger partial charge on any atom is -0.444 e. The Bertz CT molecular complexity index is 1430. The largest absolute Gasteiger partial charge is 0.444 e. The Morgan fingerprint density at radius 3 is 2.38 bits per heavy atom. The molecule has 2 aliphatic rings. The summed E-state index contributed by atoms with van der Waals surface area (Å²) in [7, 11) is -0.865. The number of hydrogen-bond acceptors (Lipinski definition) is 7. The Labute approximate surface area is 249 Å². The minimum atomic E-state index is -0.865. The summed E-state index contributed by atoms with van der Waals surface area (Å²) in [5.41, 5.74) is 7.78. The number of H-pyrrole nitrogens is 1. The third-order valence-corrected chi connectivity index (χ3v) is 9.10. The second kappa shape index (κ2) is 12.7. The lowest BCUT2D eigenvalue weighted by atomic mass is 9.84. The van der Waals surface area contributed by atoms with Gasteiger partial charge in [0.1, 0.15) is 17.0 Å². The van der Waals surface area contributed by atoms with Gasteiger partial charge in [-0.15, -0.1) is 0 Å². The molecule has 1 aromatic carbocycles. The van der Waals surface area contributed by atoms with Gasteiger partial charge in [0.2, 0.25) is 0 Å². The minimum absolute atomic E-state index is 0.0498. The van der Waals surface area contributed by atoms with E-state index in [4.69, 9.17) is 10.5 Å². The summed E-state index contributed by atoms with van der Waals surface area (Å²) in [5, 5.41) is 3.57. The summed E-state index contributed by atoms with van der Waals surface area (Å²) >= 11 is 0. The predicted octanol–water partition coefficient (Wildman–Crippen LogP) is 3.52. The first-order valence-corrected chi connectivity index (χ1v) is 15.9. The van der Waals surface area contributed by atoms with E-state index in [1.165, 1.54) is 0 Å². The Morgan fingerprint density at radius 2 is 1.79 bits per heavy atom. The molecule has 42 heavy (non-hydrogen) atoms. The molecule has 0 bridgehead atoms. The van der Waals surface area contributed by atoms with Gasteiger partial charge in [-0.05, 0) is 76.8 Å². The van der Waals surface area contributed by atoms with Crippen molar-refractivity contribution < 1.29 is 18.5 Å². The summed E-state index contributed by atoms with van der Waals surface area (Å²) in [6.45, 7) is 11.5. The highest BCUT2D eigenvalue weighted by atomic mass is 32.2. The molecule has 228 valence electrons. The van der Waals surface area contributed by atoms with E-state index < -0.39 is 16.4 Å². The first-order valence-electron chi connectivity index (χ1n) is 14.4. The van der Waals surface area contributed by atoms with Crippen LogP contribution >= 0.6 is 0 Å². The van der Waals surface area contributed by atoms with Crippen molar-refractivity contribution in [3.05, 3.63) is 57.5 Å². The van der Waals surface area contributed by atoms with Gasteiger partial charge < -0.3 is 30.6 Å². The Kier molecular flexibility index (Phi) is 9.44. The molecule has 0 atom stereocenters. The zero-order chi connectivity index (χ0) is 30.7. The molecular formula is C30H42N6O5S. The number of carbonyl (C=O) groups is 2. The van der Waals surface area contributed by atoms with Crippen LogP contribution in [0.1, 0.15) is 68.4 Å². The van der Waals surface area contributed by atoms with Crippen molar-refractivity contribution in [1.29, 1.82) is 0 Å². The van der Waals surface area contributed by atoms with Crippen molar-refractivity contribution in [2.75, 3.05) is 43.0 Å². The summed E-state index contributed by atoms with van der Waals surface area (Å²) in [4.78, 5) is 49.3. The molecule has 2 saturated heterocycles. The van der Waals surface area contributed by atoms with Gasteiger partial charge in [-0.1, -0.05) is 6.92 Å². The fourth-order valence-corrected chi connectivity index (χ4v) is 6.35. The van der Waals surface area contributed by atoms with Crippen LogP contribution in [0.3, 0.4) is 0 Å². The third-order valence-electron chi connectivity index (χ3n) is 7.82. The molecule has 0 aliphatic carbocycles. The van der Waals surface area contributed by atoms with E-state index in [1.807, 2.05) is 27.7 Å². The van der Waals surface area contributed by atoms with Crippen LogP contribution < -0.4 is 16.6 Å². The Hall–Kier alpha value is -3.67. The number of piperidine rings is 1. The summed E-state index contributed by atoms with van der Waals surface area (Å²) in [6.07, 6.45) is 3.37. The maximum Gasteiger partial charge on any atom is 0.410 e. The van der Waals surface area contributed by atoms with Crippen LogP contribution in [0.4, 0.5) is 16.2 Å². The number of rotatable bonds is 6. The molecule has 0 spiro atoms. The molecule has 4 rings (SSSR count). The molecule has 2 aliphatic heterocycles. The molecule has 0 unspecified atom stereocenters. The number of nitrogens with one attached hydrogen (secondary N) is 2. The zero-order valence-electron chi connectivity index (χ0n) is 25.1. The first kappa shape index (κ1) is 31.3. The number of aliphatic imine (C=N–C) groups is 1. The molecule has 2 aromatic rings.